The number of nitrogens with one attached hydrogen (secondary N) is 1. The Labute approximate surface area is 182 Å². The standard InChI is InChI=1S/C17H17BrClF3N4O2S/c1-8(2)28-26-12(15-11(19)4-10(18)6-24-15)7-23-14(27)5-13-16(17(20,21)22)25-9(3)29-13/h4,6,8H,5,7H2,1-3H3,(H,23,27). The summed E-state index contributed by atoms with van der Waals surface area (Å²) in [7, 11) is 0. The molecular formula is C17H17BrClF3N4O2S. The highest BCUT2D eigenvalue weighted by Crippen LogP contribution is 2.34. The van der Waals surface area contributed by atoms with Gasteiger partial charge in [-0.2, -0.15) is 13.2 Å². The van der Waals surface area contributed by atoms with Crippen molar-refractivity contribution in [2.75, 3.05) is 6.54 Å². The molecule has 2 heterocycles. The molecule has 0 radical (unpaired) electrons. The van der Waals surface area contributed by atoms with E-state index < -0.39 is 24.2 Å². The van der Waals surface area contributed by atoms with Crippen LogP contribution in [0.3, 0.4) is 0 Å². The highest BCUT2D eigenvalue weighted by molar-refractivity contribution is 9.10. The average Bonchev–Trinajstić information content (AvgIpc) is 2.96. The zero-order valence-electron chi connectivity index (χ0n) is 15.6. The van der Waals surface area contributed by atoms with Crippen LogP contribution in [0.4, 0.5) is 13.2 Å². The minimum Gasteiger partial charge on any atom is -0.393 e. The second-order valence-electron chi connectivity index (χ2n) is 6.13. The predicted molar refractivity (Wildman–Crippen MR) is 108 cm³/mol. The number of hydrogen-bond donors (Lipinski definition) is 1. The fraction of sp³-hybridized carbons (Fsp3) is 0.412. The van der Waals surface area contributed by atoms with E-state index >= 15 is 0 Å². The van der Waals surface area contributed by atoms with Crippen molar-refractivity contribution < 1.29 is 22.8 Å². The lowest BCUT2D eigenvalue weighted by molar-refractivity contribution is -0.141. The summed E-state index contributed by atoms with van der Waals surface area (Å²) < 4.78 is 39.8. The first-order valence-corrected chi connectivity index (χ1v) is 10.3. The molecule has 158 valence electrons. The summed E-state index contributed by atoms with van der Waals surface area (Å²) in [6.07, 6.45) is -3.80. The number of alkyl halides is 3. The number of aromatic nitrogens is 2. The molecule has 12 heteroatoms. The molecule has 1 amide bonds. The first-order chi connectivity index (χ1) is 13.5. The molecule has 0 aliphatic carbocycles. The lowest BCUT2D eigenvalue weighted by Crippen LogP contribution is -2.32. The van der Waals surface area contributed by atoms with Gasteiger partial charge in [-0.15, -0.1) is 11.3 Å². The minimum atomic E-state index is -4.62. The number of oxime groups is 1. The molecule has 0 fully saturated rings. The maximum atomic E-state index is 13.1. The number of thiazole rings is 1. The topological polar surface area (TPSA) is 76.5 Å². The first kappa shape index (κ1) is 23.6. The molecule has 2 aromatic rings. The van der Waals surface area contributed by atoms with Gasteiger partial charge in [-0.05, 0) is 42.8 Å². The van der Waals surface area contributed by atoms with E-state index in [1.807, 2.05) is 0 Å². The van der Waals surface area contributed by atoms with Gasteiger partial charge in [-0.1, -0.05) is 16.8 Å². The number of rotatable bonds is 7. The van der Waals surface area contributed by atoms with E-state index in [1.165, 1.54) is 13.1 Å². The van der Waals surface area contributed by atoms with E-state index in [1.54, 1.807) is 19.9 Å². The number of halogens is 5. The van der Waals surface area contributed by atoms with Crippen LogP contribution in [0.5, 0.6) is 0 Å². The molecule has 0 saturated carbocycles. The second-order valence-corrected chi connectivity index (χ2v) is 8.74. The molecule has 2 aromatic heterocycles. The Morgan fingerprint density at radius 3 is 2.72 bits per heavy atom. The monoisotopic (exact) mass is 512 g/mol. The number of pyridine rings is 1. The summed E-state index contributed by atoms with van der Waals surface area (Å²) in [5.41, 5.74) is -0.508. The molecule has 0 unspecified atom stereocenters. The van der Waals surface area contributed by atoms with Crippen molar-refractivity contribution >= 4 is 50.5 Å². The Balaban J connectivity index is 2.15. The van der Waals surface area contributed by atoms with Gasteiger partial charge >= 0.3 is 6.18 Å². The third-order valence-electron chi connectivity index (χ3n) is 3.30. The number of aryl methyl sites for hydroxylation is 1. The molecule has 0 aliphatic rings. The van der Waals surface area contributed by atoms with Crippen LogP contribution in [-0.2, 0) is 22.2 Å². The highest BCUT2D eigenvalue weighted by atomic mass is 79.9. The van der Waals surface area contributed by atoms with Crippen molar-refractivity contribution in [2.45, 2.75) is 39.5 Å². The van der Waals surface area contributed by atoms with Gasteiger partial charge in [0.25, 0.3) is 0 Å². The van der Waals surface area contributed by atoms with Gasteiger partial charge in [0.1, 0.15) is 17.5 Å². The number of hydrogen-bond acceptors (Lipinski definition) is 6. The molecule has 0 spiro atoms. The van der Waals surface area contributed by atoms with Crippen molar-refractivity contribution in [3.8, 4) is 0 Å². The van der Waals surface area contributed by atoms with Crippen molar-refractivity contribution in [1.82, 2.24) is 15.3 Å². The first-order valence-electron chi connectivity index (χ1n) is 8.31. The van der Waals surface area contributed by atoms with Crippen LogP contribution < -0.4 is 5.32 Å². The summed E-state index contributed by atoms with van der Waals surface area (Å²) in [4.78, 5) is 25.0. The molecular weight excluding hydrogens is 497 g/mol. The van der Waals surface area contributed by atoms with Crippen LogP contribution in [0.25, 0.3) is 0 Å². The van der Waals surface area contributed by atoms with Gasteiger partial charge in [0.2, 0.25) is 5.91 Å². The summed E-state index contributed by atoms with van der Waals surface area (Å²) in [6.45, 7) is 4.86. The number of nitrogens with zero attached hydrogens (tertiary/aromatic N) is 3. The minimum absolute atomic E-state index is 0.126. The van der Waals surface area contributed by atoms with Gasteiger partial charge in [-0.3, -0.25) is 9.78 Å². The smallest absolute Gasteiger partial charge is 0.393 e. The fourth-order valence-corrected chi connectivity index (χ4v) is 3.85. The largest absolute Gasteiger partial charge is 0.434 e. The SMILES string of the molecule is Cc1nc(C(F)(F)F)c(CC(=O)NCC(=NOC(C)C)c2ncc(Br)cc2Cl)s1. The molecule has 0 bridgehead atoms. The van der Waals surface area contributed by atoms with E-state index in [2.05, 4.69) is 36.4 Å². The highest BCUT2D eigenvalue weighted by Gasteiger charge is 2.37. The van der Waals surface area contributed by atoms with Gasteiger partial charge in [0.05, 0.1) is 23.0 Å². The van der Waals surface area contributed by atoms with E-state index in [-0.39, 0.29) is 33.3 Å². The zero-order valence-corrected chi connectivity index (χ0v) is 18.8. The molecule has 0 aliphatic heterocycles. The molecule has 29 heavy (non-hydrogen) atoms. The lowest BCUT2D eigenvalue weighted by atomic mass is 10.2. The third-order valence-corrected chi connectivity index (χ3v) is 4.99. The quantitative estimate of drug-likeness (QED) is 0.427. The zero-order chi connectivity index (χ0) is 21.8. The third kappa shape index (κ3) is 6.93. The van der Waals surface area contributed by atoms with Gasteiger partial charge in [0.15, 0.2) is 5.69 Å². The molecule has 6 nitrogen and oxygen atoms in total. The van der Waals surface area contributed by atoms with Crippen molar-refractivity contribution in [1.29, 1.82) is 0 Å². The van der Waals surface area contributed by atoms with Crippen molar-refractivity contribution in [3.05, 3.63) is 43.0 Å². The number of carbonyl (C=O) groups is 1. The van der Waals surface area contributed by atoms with E-state index in [9.17, 15) is 18.0 Å². The summed E-state index contributed by atoms with van der Waals surface area (Å²) in [5, 5.41) is 7.02. The summed E-state index contributed by atoms with van der Waals surface area (Å²) in [5.74, 6) is -0.621. The number of carbonyl (C=O) groups excluding carboxylic acids is 1. The van der Waals surface area contributed by atoms with Gasteiger partial charge in [-0.25, -0.2) is 4.98 Å². The Kier molecular flexibility index (Phi) is 8.01. The second kappa shape index (κ2) is 9.86. The Hall–Kier alpha value is -1.72. The summed E-state index contributed by atoms with van der Waals surface area (Å²) in [6, 6.07) is 1.60. The van der Waals surface area contributed by atoms with Gasteiger partial charge in [0, 0.05) is 15.5 Å². The Morgan fingerprint density at radius 2 is 2.14 bits per heavy atom. The van der Waals surface area contributed by atoms with E-state index in [0.29, 0.717) is 10.2 Å². The fourth-order valence-electron chi connectivity index (χ4n) is 2.16. The van der Waals surface area contributed by atoms with E-state index in [4.69, 9.17) is 16.4 Å². The normalized spacial score (nSPS) is 12.4. The molecule has 2 rings (SSSR count). The molecule has 0 atom stereocenters. The van der Waals surface area contributed by atoms with Crippen LogP contribution in [0.2, 0.25) is 5.02 Å². The Morgan fingerprint density at radius 1 is 1.45 bits per heavy atom. The summed E-state index contributed by atoms with van der Waals surface area (Å²) >= 11 is 10.3. The van der Waals surface area contributed by atoms with Crippen LogP contribution in [-0.4, -0.2) is 34.2 Å². The molecule has 0 saturated heterocycles. The maximum Gasteiger partial charge on any atom is 0.434 e. The predicted octanol–water partition coefficient (Wildman–Crippen LogP) is 4.77. The maximum absolute atomic E-state index is 13.1. The average molecular weight is 514 g/mol. The van der Waals surface area contributed by atoms with E-state index in [0.717, 1.165) is 11.3 Å². The van der Waals surface area contributed by atoms with Crippen LogP contribution in [0.1, 0.15) is 35.1 Å². The van der Waals surface area contributed by atoms with Crippen LogP contribution in [0, 0.1) is 6.92 Å². The molecule has 0 aromatic carbocycles. The molecule has 1 N–H and O–H groups in total. The van der Waals surface area contributed by atoms with Crippen LogP contribution >= 0.6 is 38.9 Å². The van der Waals surface area contributed by atoms with Gasteiger partial charge < -0.3 is 10.2 Å². The van der Waals surface area contributed by atoms with Crippen molar-refractivity contribution in [2.24, 2.45) is 5.16 Å². The lowest BCUT2D eigenvalue weighted by Gasteiger charge is -2.11. The van der Waals surface area contributed by atoms with Crippen molar-refractivity contribution in [3.63, 3.8) is 0 Å². The number of amides is 1. The Bertz CT molecular complexity index is 919. The van der Waals surface area contributed by atoms with Crippen LogP contribution in [0.15, 0.2) is 21.9 Å².